The molecule has 2 heterocycles. The Balaban J connectivity index is 2.37. The lowest BCUT2D eigenvalue weighted by atomic mass is 9.78. The molecule has 1 aliphatic heterocycles. The third-order valence-electron chi connectivity index (χ3n) is 4.43. The van der Waals surface area contributed by atoms with Gasteiger partial charge in [0.25, 0.3) is 0 Å². The fourth-order valence-electron chi connectivity index (χ4n) is 2.29. The average molecular weight is 338 g/mol. The van der Waals surface area contributed by atoms with Gasteiger partial charge in [-0.25, -0.2) is 4.79 Å². The van der Waals surface area contributed by atoms with Gasteiger partial charge in [0.15, 0.2) is 5.69 Å². The number of rotatable bonds is 4. The van der Waals surface area contributed by atoms with E-state index in [2.05, 4.69) is 17.7 Å². The molecule has 0 unspecified atom stereocenters. The Morgan fingerprint density at radius 2 is 1.96 bits per heavy atom. The highest BCUT2D eigenvalue weighted by molar-refractivity contribution is 7.80. The summed E-state index contributed by atoms with van der Waals surface area (Å²) < 4.78 is 18.4. The lowest BCUT2D eigenvalue weighted by Crippen LogP contribution is -2.41. The molecule has 0 N–H and O–H groups in total. The van der Waals surface area contributed by atoms with E-state index in [-0.39, 0.29) is 0 Å². The standard InChI is InChI=1S/C15H23BN2O4S/c1-14(2)15(3,4)22-16(21-14)11(9-23)7-10-8-17-18(5)12(10)13(19)20-6/h7-8,23H,9H2,1-6H3. The SMILES string of the molecule is COC(=O)c1c(C=C(CS)B2OC(C)(C)C(C)(C)O2)cnn1C. The Bertz CT molecular complexity index is 623. The smallest absolute Gasteiger partial charge is 0.464 e. The maximum Gasteiger partial charge on any atom is 0.491 e. The van der Waals surface area contributed by atoms with Crippen molar-refractivity contribution in [3.05, 3.63) is 22.9 Å². The fourth-order valence-corrected chi connectivity index (χ4v) is 2.53. The molecule has 0 aromatic carbocycles. The monoisotopic (exact) mass is 338 g/mol. The zero-order chi connectivity index (χ0) is 17.4. The molecule has 126 valence electrons. The van der Waals surface area contributed by atoms with Crippen molar-refractivity contribution in [2.45, 2.75) is 38.9 Å². The van der Waals surface area contributed by atoms with Gasteiger partial charge in [-0.15, -0.1) is 0 Å². The topological polar surface area (TPSA) is 62.6 Å². The van der Waals surface area contributed by atoms with Gasteiger partial charge in [-0.1, -0.05) is 6.08 Å². The molecule has 23 heavy (non-hydrogen) atoms. The summed E-state index contributed by atoms with van der Waals surface area (Å²) in [6.07, 6.45) is 3.44. The molecule has 0 spiro atoms. The summed E-state index contributed by atoms with van der Waals surface area (Å²) in [6, 6.07) is 0. The second kappa shape index (κ2) is 6.34. The Kier molecular flexibility index (Phi) is 4.99. The van der Waals surface area contributed by atoms with Crippen LogP contribution < -0.4 is 0 Å². The van der Waals surface area contributed by atoms with Crippen LogP contribution in [0.4, 0.5) is 0 Å². The van der Waals surface area contributed by atoms with E-state index >= 15 is 0 Å². The van der Waals surface area contributed by atoms with Crippen LogP contribution in [0.25, 0.3) is 6.08 Å². The minimum absolute atomic E-state index is 0.378. The van der Waals surface area contributed by atoms with Crippen molar-refractivity contribution in [1.82, 2.24) is 9.78 Å². The molecular weight excluding hydrogens is 315 g/mol. The molecule has 0 radical (unpaired) electrons. The number of hydrogen-bond donors (Lipinski definition) is 1. The average Bonchev–Trinajstić information content (AvgIpc) is 2.92. The Morgan fingerprint density at radius 3 is 2.43 bits per heavy atom. The third-order valence-corrected chi connectivity index (χ3v) is 4.79. The van der Waals surface area contributed by atoms with Crippen LogP contribution in [-0.4, -0.2) is 46.9 Å². The van der Waals surface area contributed by atoms with Gasteiger partial charge in [0.1, 0.15) is 0 Å². The Morgan fingerprint density at radius 1 is 1.39 bits per heavy atom. The summed E-state index contributed by atoms with van der Waals surface area (Å²) in [5.74, 6) is -0.00420. The number of nitrogens with zero attached hydrogens (tertiary/aromatic N) is 2. The van der Waals surface area contributed by atoms with Crippen LogP contribution >= 0.6 is 12.6 Å². The number of thiol groups is 1. The highest BCUT2D eigenvalue weighted by Crippen LogP contribution is 2.39. The van der Waals surface area contributed by atoms with Crippen molar-refractivity contribution < 1.29 is 18.8 Å². The molecule has 8 heteroatoms. The summed E-state index contributed by atoms with van der Waals surface area (Å²) >= 11 is 4.38. The molecule has 0 amide bonds. The van der Waals surface area contributed by atoms with Gasteiger partial charge < -0.3 is 14.0 Å². The molecule has 0 bridgehead atoms. The second-order valence-corrected chi connectivity index (χ2v) is 6.85. The van der Waals surface area contributed by atoms with E-state index in [9.17, 15) is 4.79 Å². The zero-order valence-electron chi connectivity index (χ0n) is 14.4. The number of ether oxygens (including phenoxy) is 1. The predicted octanol–water partition coefficient (Wildman–Crippen LogP) is 2.15. The maximum atomic E-state index is 11.9. The predicted molar refractivity (Wildman–Crippen MR) is 92.5 cm³/mol. The highest BCUT2D eigenvalue weighted by atomic mass is 32.1. The quantitative estimate of drug-likeness (QED) is 0.518. The van der Waals surface area contributed by atoms with E-state index in [0.717, 1.165) is 5.47 Å². The van der Waals surface area contributed by atoms with Gasteiger partial charge in [-0.05, 0) is 33.2 Å². The normalized spacial score (nSPS) is 20.0. The molecule has 0 aliphatic carbocycles. The number of carbonyl (C=O) groups excluding carboxylic acids is 1. The van der Waals surface area contributed by atoms with Crippen molar-refractivity contribution in [2.75, 3.05) is 12.9 Å². The molecule has 1 aromatic rings. The first-order valence-corrected chi connectivity index (χ1v) is 8.03. The van der Waals surface area contributed by atoms with Crippen molar-refractivity contribution in [2.24, 2.45) is 7.05 Å². The van der Waals surface area contributed by atoms with E-state index < -0.39 is 24.3 Å². The number of hydrogen-bond acceptors (Lipinski definition) is 6. The van der Waals surface area contributed by atoms with Gasteiger partial charge >= 0.3 is 13.1 Å². The molecule has 1 aromatic heterocycles. The van der Waals surface area contributed by atoms with Crippen molar-refractivity contribution in [1.29, 1.82) is 0 Å². The van der Waals surface area contributed by atoms with Crippen LogP contribution in [-0.2, 0) is 21.1 Å². The molecule has 0 saturated carbocycles. The molecule has 2 rings (SSSR count). The molecule has 6 nitrogen and oxygen atoms in total. The van der Waals surface area contributed by atoms with Crippen LogP contribution in [0.2, 0.25) is 0 Å². The third kappa shape index (κ3) is 3.34. The van der Waals surface area contributed by atoms with Crippen LogP contribution in [0.15, 0.2) is 11.7 Å². The van der Waals surface area contributed by atoms with E-state index in [1.807, 2.05) is 33.8 Å². The highest BCUT2D eigenvalue weighted by Gasteiger charge is 2.52. The summed E-state index contributed by atoms with van der Waals surface area (Å²) in [4.78, 5) is 11.9. The molecule has 1 saturated heterocycles. The van der Waals surface area contributed by atoms with Gasteiger partial charge in [0.2, 0.25) is 0 Å². The summed E-state index contributed by atoms with van der Waals surface area (Å²) in [5.41, 5.74) is 0.992. The number of esters is 1. The van der Waals surface area contributed by atoms with Crippen molar-refractivity contribution in [3.8, 4) is 0 Å². The van der Waals surface area contributed by atoms with Crippen molar-refractivity contribution in [3.63, 3.8) is 0 Å². The lowest BCUT2D eigenvalue weighted by Gasteiger charge is -2.32. The van der Waals surface area contributed by atoms with Gasteiger partial charge in [-0.3, -0.25) is 4.68 Å². The number of aromatic nitrogens is 2. The van der Waals surface area contributed by atoms with Crippen LogP contribution in [0, 0.1) is 0 Å². The van der Waals surface area contributed by atoms with Gasteiger partial charge in [-0.2, -0.15) is 17.7 Å². The second-order valence-electron chi connectivity index (χ2n) is 6.53. The first-order chi connectivity index (χ1) is 10.6. The van der Waals surface area contributed by atoms with E-state index in [0.29, 0.717) is 17.0 Å². The number of methoxy groups -OCH3 is 1. The van der Waals surface area contributed by atoms with Crippen molar-refractivity contribution >= 4 is 31.8 Å². The van der Waals surface area contributed by atoms with Crippen LogP contribution in [0.5, 0.6) is 0 Å². The molecule has 1 fully saturated rings. The first kappa shape index (κ1) is 18.1. The zero-order valence-corrected chi connectivity index (χ0v) is 15.3. The molecule has 1 aliphatic rings. The van der Waals surface area contributed by atoms with Gasteiger partial charge in [0.05, 0.1) is 24.5 Å². The summed E-state index contributed by atoms with van der Waals surface area (Å²) in [5, 5.41) is 4.12. The minimum atomic E-state index is -0.511. The lowest BCUT2D eigenvalue weighted by molar-refractivity contribution is 0.00578. The maximum absolute atomic E-state index is 11.9. The Labute approximate surface area is 142 Å². The summed E-state index contributed by atoms with van der Waals surface area (Å²) in [7, 11) is 2.53. The number of carbonyl (C=O) groups is 1. The van der Waals surface area contributed by atoms with E-state index in [4.69, 9.17) is 14.0 Å². The minimum Gasteiger partial charge on any atom is -0.464 e. The van der Waals surface area contributed by atoms with Gasteiger partial charge in [0, 0.05) is 18.4 Å². The Hall–Kier alpha value is -1.25. The van der Waals surface area contributed by atoms with Crippen LogP contribution in [0.1, 0.15) is 43.7 Å². The van der Waals surface area contributed by atoms with E-state index in [1.54, 1.807) is 13.2 Å². The number of aryl methyl sites for hydroxylation is 1. The summed E-state index contributed by atoms with van der Waals surface area (Å²) in [6.45, 7) is 7.97. The fraction of sp³-hybridized carbons (Fsp3) is 0.600. The van der Waals surface area contributed by atoms with E-state index in [1.165, 1.54) is 11.8 Å². The van der Waals surface area contributed by atoms with Crippen LogP contribution in [0.3, 0.4) is 0 Å². The molecule has 0 atom stereocenters. The molecular formula is C15H23BN2O4S. The first-order valence-electron chi connectivity index (χ1n) is 7.40. The largest absolute Gasteiger partial charge is 0.491 e.